The summed E-state index contributed by atoms with van der Waals surface area (Å²) in [5.41, 5.74) is 0. The molecule has 0 aliphatic carbocycles. The van der Waals surface area contributed by atoms with Gasteiger partial charge in [-0.05, 0) is 30.0 Å². The van der Waals surface area contributed by atoms with E-state index in [1.807, 2.05) is 0 Å². The minimum atomic E-state index is -1.44. The van der Waals surface area contributed by atoms with E-state index in [0.717, 1.165) is 18.5 Å². The summed E-state index contributed by atoms with van der Waals surface area (Å²) in [7, 11) is 0. The maximum Gasteiger partial charge on any atom is 0.674 e. The number of rotatable bonds is 21. The van der Waals surface area contributed by atoms with Crippen molar-refractivity contribution in [2.45, 2.75) is 130 Å². The fourth-order valence-corrected chi connectivity index (χ4v) is 5.19. The van der Waals surface area contributed by atoms with Crippen molar-refractivity contribution in [2.75, 3.05) is 13.2 Å². The van der Waals surface area contributed by atoms with Crippen molar-refractivity contribution in [1.82, 2.24) is 0 Å². The molecular formula is C24H51AlO2. The van der Waals surface area contributed by atoms with E-state index in [1.54, 1.807) is 0 Å². The summed E-state index contributed by atoms with van der Waals surface area (Å²) in [5.74, 6) is 1.36. The summed E-state index contributed by atoms with van der Waals surface area (Å²) >= 11 is -1.44. The van der Waals surface area contributed by atoms with Crippen molar-refractivity contribution in [3.8, 4) is 0 Å². The van der Waals surface area contributed by atoms with Crippen LogP contribution in [0.1, 0.15) is 125 Å². The lowest BCUT2D eigenvalue weighted by Crippen LogP contribution is -2.26. The maximum absolute atomic E-state index is 6.19. The SMILES string of the molecule is CCCCCCCCC(C)C[O][Al]([CH2]C)[O]CC(C)CCCCCCCC. The highest BCUT2D eigenvalue weighted by molar-refractivity contribution is 6.44. The molecule has 0 rings (SSSR count). The van der Waals surface area contributed by atoms with Gasteiger partial charge in [0.15, 0.2) is 0 Å². The molecule has 2 atom stereocenters. The molecule has 0 aromatic heterocycles. The molecule has 0 saturated heterocycles. The van der Waals surface area contributed by atoms with Gasteiger partial charge in [0, 0.05) is 13.2 Å². The largest absolute Gasteiger partial charge is 0.674 e. The van der Waals surface area contributed by atoms with Crippen molar-refractivity contribution in [3.05, 3.63) is 0 Å². The Hall–Kier alpha value is 0.452. The Kier molecular flexibility index (Phi) is 21.5. The van der Waals surface area contributed by atoms with Crippen molar-refractivity contribution in [1.29, 1.82) is 0 Å². The first kappa shape index (κ1) is 27.5. The first-order valence-corrected chi connectivity index (χ1v) is 14.1. The van der Waals surface area contributed by atoms with Gasteiger partial charge in [0.2, 0.25) is 0 Å². The van der Waals surface area contributed by atoms with E-state index in [9.17, 15) is 0 Å². The van der Waals surface area contributed by atoms with Crippen LogP contribution in [-0.4, -0.2) is 28.0 Å². The predicted molar refractivity (Wildman–Crippen MR) is 122 cm³/mol. The summed E-state index contributed by atoms with van der Waals surface area (Å²) in [6.07, 6.45) is 19.3. The van der Waals surface area contributed by atoms with E-state index in [-0.39, 0.29) is 0 Å². The van der Waals surface area contributed by atoms with Crippen molar-refractivity contribution in [2.24, 2.45) is 11.8 Å². The van der Waals surface area contributed by atoms with Gasteiger partial charge in [-0.25, -0.2) is 0 Å². The van der Waals surface area contributed by atoms with E-state index >= 15 is 0 Å². The zero-order valence-corrected chi connectivity index (χ0v) is 20.7. The Bertz CT molecular complexity index is 260. The molecular weight excluding hydrogens is 347 g/mol. The number of hydrogen-bond donors (Lipinski definition) is 0. The minimum absolute atomic E-state index is 0.682. The van der Waals surface area contributed by atoms with E-state index < -0.39 is 14.8 Å². The average Bonchev–Trinajstić information content (AvgIpc) is 2.67. The van der Waals surface area contributed by atoms with Crippen LogP contribution in [0.4, 0.5) is 0 Å². The second kappa shape index (κ2) is 21.2. The fourth-order valence-electron chi connectivity index (χ4n) is 3.54. The first-order valence-electron chi connectivity index (χ1n) is 12.4. The maximum atomic E-state index is 6.19. The molecule has 162 valence electrons. The Morgan fingerprint density at radius 1 is 0.556 bits per heavy atom. The van der Waals surface area contributed by atoms with Crippen molar-refractivity contribution in [3.63, 3.8) is 0 Å². The van der Waals surface area contributed by atoms with E-state index in [4.69, 9.17) is 7.58 Å². The summed E-state index contributed by atoms with van der Waals surface area (Å²) in [5, 5.41) is 1.09. The van der Waals surface area contributed by atoms with Crippen LogP contribution in [0, 0.1) is 11.8 Å². The van der Waals surface area contributed by atoms with Crippen LogP contribution < -0.4 is 0 Å². The van der Waals surface area contributed by atoms with Crippen LogP contribution in [0.15, 0.2) is 0 Å². The number of unbranched alkanes of at least 4 members (excludes halogenated alkanes) is 10. The highest BCUT2D eigenvalue weighted by Gasteiger charge is 2.24. The van der Waals surface area contributed by atoms with Gasteiger partial charge in [0.05, 0.1) is 0 Å². The Morgan fingerprint density at radius 2 is 0.926 bits per heavy atom. The van der Waals surface area contributed by atoms with Gasteiger partial charge >= 0.3 is 14.8 Å². The van der Waals surface area contributed by atoms with Crippen LogP contribution in [0.2, 0.25) is 5.28 Å². The molecule has 0 aromatic carbocycles. The first-order chi connectivity index (χ1) is 13.1. The van der Waals surface area contributed by atoms with Gasteiger partial charge < -0.3 is 7.58 Å². The lowest BCUT2D eigenvalue weighted by atomic mass is 10.0. The normalized spacial score (nSPS) is 13.7. The highest BCUT2D eigenvalue weighted by Crippen LogP contribution is 2.15. The smallest absolute Gasteiger partial charge is 0.478 e. The van der Waals surface area contributed by atoms with Crippen molar-refractivity contribution < 1.29 is 7.58 Å². The lowest BCUT2D eigenvalue weighted by Gasteiger charge is -2.19. The minimum Gasteiger partial charge on any atom is -0.478 e. The molecule has 0 N–H and O–H groups in total. The topological polar surface area (TPSA) is 18.5 Å². The average molecular weight is 399 g/mol. The van der Waals surface area contributed by atoms with E-state index in [2.05, 4.69) is 34.6 Å². The molecule has 0 spiro atoms. The monoisotopic (exact) mass is 398 g/mol. The molecule has 0 bridgehead atoms. The summed E-state index contributed by atoms with van der Waals surface area (Å²) in [4.78, 5) is 0. The summed E-state index contributed by atoms with van der Waals surface area (Å²) in [6.45, 7) is 13.3. The van der Waals surface area contributed by atoms with Crippen LogP contribution in [0.25, 0.3) is 0 Å². The van der Waals surface area contributed by atoms with Gasteiger partial charge in [0.25, 0.3) is 0 Å². The Morgan fingerprint density at radius 3 is 1.30 bits per heavy atom. The number of hydrogen-bond acceptors (Lipinski definition) is 2. The molecule has 0 fully saturated rings. The predicted octanol–water partition coefficient (Wildman–Crippen LogP) is 8.30. The van der Waals surface area contributed by atoms with Gasteiger partial charge in [-0.1, -0.05) is 112 Å². The van der Waals surface area contributed by atoms with E-state index in [0.29, 0.717) is 11.8 Å². The zero-order chi connectivity index (χ0) is 20.2. The molecule has 27 heavy (non-hydrogen) atoms. The molecule has 0 aromatic rings. The Balaban J connectivity index is 3.63. The van der Waals surface area contributed by atoms with E-state index in [1.165, 1.54) is 89.9 Å². The molecule has 0 radical (unpaired) electrons. The van der Waals surface area contributed by atoms with Crippen LogP contribution >= 0.6 is 0 Å². The molecule has 0 aliphatic heterocycles. The van der Waals surface area contributed by atoms with Gasteiger partial charge in [-0.15, -0.1) is 0 Å². The molecule has 0 aliphatic rings. The third-order valence-electron chi connectivity index (χ3n) is 5.57. The molecule has 3 heteroatoms. The van der Waals surface area contributed by atoms with Crippen LogP contribution in [0.3, 0.4) is 0 Å². The summed E-state index contributed by atoms with van der Waals surface area (Å²) in [6, 6.07) is 0. The zero-order valence-electron chi connectivity index (χ0n) is 19.6. The van der Waals surface area contributed by atoms with Crippen LogP contribution in [0.5, 0.6) is 0 Å². The van der Waals surface area contributed by atoms with Gasteiger partial charge in [0.1, 0.15) is 0 Å². The molecule has 0 saturated carbocycles. The quantitative estimate of drug-likeness (QED) is 0.143. The lowest BCUT2D eigenvalue weighted by molar-refractivity contribution is 0.151. The van der Waals surface area contributed by atoms with Crippen LogP contribution in [-0.2, 0) is 7.58 Å². The van der Waals surface area contributed by atoms with Gasteiger partial charge in [-0.2, -0.15) is 0 Å². The third kappa shape index (κ3) is 19.5. The van der Waals surface area contributed by atoms with Gasteiger partial charge in [-0.3, -0.25) is 0 Å². The third-order valence-corrected chi connectivity index (χ3v) is 7.36. The Labute approximate surface area is 177 Å². The second-order valence-electron chi connectivity index (χ2n) is 8.83. The molecule has 0 amide bonds. The molecule has 0 heterocycles. The fraction of sp³-hybridized carbons (Fsp3) is 1.00. The molecule has 2 unspecified atom stereocenters. The summed E-state index contributed by atoms with van der Waals surface area (Å²) < 4.78 is 12.4. The van der Waals surface area contributed by atoms with Crippen molar-refractivity contribution >= 4 is 14.8 Å². The standard InChI is InChI=1S/2C11H23O.C2H5.Al/c2*1-3-4-5-6-7-8-9-11(2)10-12;1-2;/h2*11H,3-10H2,1-2H3;1H2,2H3;/q2*-1;;+2. The highest BCUT2D eigenvalue weighted by atomic mass is 27.2. The molecule has 2 nitrogen and oxygen atoms in total. The second-order valence-corrected chi connectivity index (χ2v) is 11.2.